The Morgan fingerprint density at radius 3 is 2.34 bits per heavy atom. The molecule has 7 atom stereocenters. The fraction of sp³-hybridized carbons (Fsp3) is 0.652. The van der Waals surface area contributed by atoms with Crippen LogP contribution in [0.1, 0.15) is 95.6 Å². The van der Waals surface area contributed by atoms with E-state index in [1.54, 1.807) is 12.1 Å². The average molecular weight is 1020 g/mol. The number of nitrogens with one attached hydrogen (secondary N) is 2. The molecule has 65 heavy (non-hydrogen) atoms. The topological polar surface area (TPSA) is 125 Å². The second-order valence-corrected chi connectivity index (χ2v) is 18.9. The number of aromatic nitrogens is 2. The number of likely N-dealkylation sites (N-methyl/N-ethyl adjacent to an activating group) is 1. The van der Waals surface area contributed by atoms with Gasteiger partial charge in [-0.3, -0.25) is 24.4 Å². The molecule has 2 aromatic heterocycles. The predicted octanol–water partition coefficient (Wildman–Crippen LogP) is 5.80. The second-order valence-electron chi connectivity index (χ2n) is 18.9. The molecule has 6 bridgehead atoms. The van der Waals surface area contributed by atoms with E-state index in [9.17, 15) is 14.4 Å². The van der Waals surface area contributed by atoms with Crippen LogP contribution in [0.25, 0.3) is 22.2 Å². The molecule has 2 N–H and O–H groups in total. The quantitative estimate of drug-likeness (QED) is 0.281. The summed E-state index contributed by atoms with van der Waals surface area (Å²) >= 11 is 0. The van der Waals surface area contributed by atoms with E-state index in [2.05, 4.69) is 95.9 Å². The molecular weight excluding hydrogens is 937 g/mol. The Balaban J connectivity index is 0.00000242. The molecule has 13 nitrogen and oxygen atoms in total. The van der Waals surface area contributed by atoms with Crippen molar-refractivity contribution in [2.24, 2.45) is 17.3 Å². The number of carbonyl (C=O) groups excluding carboxylic acids is 3. The Labute approximate surface area is 429 Å². The molecule has 6 heterocycles. The number of piperidine rings is 1. The van der Waals surface area contributed by atoms with Gasteiger partial charge < -0.3 is 34.1 Å². The van der Waals surface area contributed by atoms with E-state index in [1.807, 2.05) is 6.20 Å². The molecule has 1 unspecified atom stereocenters. The lowest BCUT2D eigenvalue weighted by Gasteiger charge is -2.38. The van der Waals surface area contributed by atoms with Gasteiger partial charge in [0, 0.05) is 87.3 Å². The van der Waals surface area contributed by atoms with Gasteiger partial charge in [0.05, 0.1) is 36.0 Å². The molecule has 0 spiro atoms. The first-order chi connectivity index (χ1) is 28.3. The highest BCUT2D eigenvalue weighted by Crippen LogP contribution is 2.43. The van der Waals surface area contributed by atoms with Crippen LogP contribution in [0.2, 0.25) is 0 Å². The number of pyridine rings is 1. The fourth-order valence-electron chi connectivity index (χ4n) is 9.94. The van der Waals surface area contributed by atoms with Crippen LogP contribution >= 0.6 is 81.0 Å². The minimum absolute atomic E-state index is 0. The van der Waals surface area contributed by atoms with Crippen molar-refractivity contribution in [3.63, 3.8) is 0 Å². The number of carbonyl (C=O) groups is 3. The summed E-state index contributed by atoms with van der Waals surface area (Å²) in [6, 6.07) is 7.98. The van der Waals surface area contributed by atoms with Crippen molar-refractivity contribution in [1.29, 1.82) is 0 Å². The number of piperazine rings is 1. The predicted molar refractivity (Wildman–Crippen MR) is 292 cm³/mol. The van der Waals surface area contributed by atoms with E-state index in [1.165, 1.54) is 22.0 Å². The molecule has 5 aliphatic rings. The van der Waals surface area contributed by atoms with Crippen LogP contribution in [-0.4, -0.2) is 127 Å². The van der Waals surface area contributed by atoms with Gasteiger partial charge in [0.25, 0.3) is 5.91 Å². The third-order valence-corrected chi connectivity index (χ3v) is 13.8. The molecule has 1 aromatic carbocycles. The van der Waals surface area contributed by atoms with Crippen LogP contribution in [0.3, 0.4) is 0 Å². The van der Waals surface area contributed by atoms with Crippen molar-refractivity contribution < 1.29 is 23.9 Å². The monoisotopic (exact) mass is 1010 g/mol. The Morgan fingerprint density at radius 2 is 1.68 bits per heavy atom. The van der Waals surface area contributed by atoms with E-state index in [0.29, 0.717) is 38.3 Å². The Morgan fingerprint density at radius 1 is 0.985 bits per heavy atom. The third-order valence-electron chi connectivity index (χ3n) is 13.8. The molecule has 1 aliphatic carbocycles. The molecule has 3 aromatic rings. The van der Waals surface area contributed by atoms with Crippen LogP contribution in [0.5, 0.6) is 0 Å². The number of rotatable bonds is 7. The summed E-state index contributed by atoms with van der Waals surface area (Å²) in [6.07, 6.45) is 6.59. The van der Waals surface area contributed by atoms with Crippen LogP contribution in [0, 0.1) is 17.3 Å². The first kappa shape index (κ1) is 59.2. The summed E-state index contributed by atoms with van der Waals surface area (Å²) in [5, 5.41) is 5.93. The van der Waals surface area contributed by atoms with Crippen molar-refractivity contribution in [1.82, 2.24) is 35.1 Å². The standard InChI is InChI=1S/C46H66N8O5.6H2S/c1-8-53-40-14-13-31-22-35(40)37(42(53)36-23-33(25-47-41(36)30(3)58-7)52-19-17-50(6)18-20-52)24-46(4,5)28-59-45(57)38-12-10-16-54(49-38)44(56)39(48-43(55)34-21-29(34)2)27-51-15-9-11-32(31)26-51;;;;;;/h13-14,22-23,25,29-30,32,34,38-39,49H,8-12,15-21,24,26-28H2,1-7H3,(H,48,55);6*1H2/t29-,30-,32+,34-,38-,39-;;;;;;/m0....../s1. The molecular formula is C46H78N8O5S6. The molecule has 8 rings (SSSR count). The minimum Gasteiger partial charge on any atom is -0.464 e. The molecule has 19 heteroatoms. The number of benzene rings is 1. The second kappa shape index (κ2) is 25.1. The van der Waals surface area contributed by atoms with Crippen LogP contribution < -0.4 is 15.6 Å². The number of methoxy groups -OCH3 is 1. The lowest BCUT2D eigenvalue weighted by Crippen LogP contribution is -2.62. The van der Waals surface area contributed by atoms with Gasteiger partial charge in [-0.15, -0.1) is 0 Å². The van der Waals surface area contributed by atoms with Crippen molar-refractivity contribution in [3.05, 3.63) is 47.3 Å². The van der Waals surface area contributed by atoms with Gasteiger partial charge in [-0.25, -0.2) is 5.43 Å². The lowest BCUT2D eigenvalue weighted by molar-refractivity contribution is -0.155. The van der Waals surface area contributed by atoms with Crippen molar-refractivity contribution >= 4 is 115 Å². The number of anilines is 1. The molecule has 4 aliphatic heterocycles. The van der Waals surface area contributed by atoms with Gasteiger partial charge in [0.2, 0.25) is 5.91 Å². The van der Waals surface area contributed by atoms with E-state index >= 15 is 0 Å². The zero-order valence-electron chi connectivity index (χ0n) is 39.4. The zero-order chi connectivity index (χ0) is 41.6. The van der Waals surface area contributed by atoms with Gasteiger partial charge in [0.1, 0.15) is 12.1 Å². The summed E-state index contributed by atoms with van der Waals surface area (Å²) in [7, 11) is 3.92. The summed E-state index contributed by atoms with van der Waals surface area (Å²) in [6.45, 7) is 18.1. The zero-order valence-corrected chi connectivity index (χ0v) is 45.4. The molecule has 1 saturated carbocycles. The first-order valence-electron chi connectivity index (χ1n) is 22.2. The van der Waals surface area contributed by atoms with Crippen LogP contribution in [0.15, 0.2) is 30.5 Å². The summed E-state index contributed by atoms with van der Waals surface area (Å²) in [5.74, 6) is -0.0628. The Bertz CT molecular complexity index is 2070. The molecule has 3 saturated heterocycles. The molecule has 2 amide bonds. The Hall–Kier alpha value is -1.94. The largest absolute Gasteiger partial charge is 0.464 e. The van der Waals surface area contributed by atoms with Crippen molar-refractivity contribution in [3.8, 4) is 11.3 Å². The van der Waals surface area contributed by atoms with E-state index in [-0.39, 0.29) is 123 Å². The van der Waals surface area contributed by atoms with Crippen LogP contribution in [0.4, 0.5) is 5.69 Å². The number of fused-ring (bicyclic) bond motifs is 6. The maximum absolute atomic E-state index is 14.3. The average Bonchev–Trinajstić information content (AvgIpc) is 3.91. The SMILES string of the molecule is CCn1c(-c2cc(N3CCN(C)CC3)cnc2[C@H](C)OC)c2c3cc(ccc31)[C@@H]1CCCN(C1)C[C@H](NC(=O)[C@H]1C[C@@H]1C)C(=O)N1CCC[C@H](N1)C(=O)OCC(C)(C)C2.S.S.S.S.S.S. The fourth-order valence-corrected chi connectivity index (χ4v) is 9.94. The summed E-state index contributed by atoms with van der Waals surface area (Å²) in [4.78, 5) is 53.8. The number of ether oxygens (including phenoxy) is 2. The number of aryl methyl sites for hydroxylation is 1. The van der Waals surface area contributed by atoms with Crippen molar-refractivity contribution in [2.45, 2.75) is 104 Å². The number of cyclic esters (lactones) is 1. The van der Waals surface area contributed by atoms with E-state index in [4.69, 9.17) is 14.5 Å². The number of esters is 1. The summed E-state index contributed by atoms with van der Waals surface area (Å²) < 4.78 is 14.6. The number of hydrazine groups is 1. The first-order valence-corrected chi connectivity index (χ1v) is 22.2. The maximum atomic E-state index is 14.3. The highest BCUT2D eigenvalue weighted by atomic mass is 32.1. The number of amides is 2. The molecule has 0 radical (unpaired) electrons. The van der Waals surface area contributed by atoms with Gasteiger partial charge in [-0.05, 0) is 107 Å². The number of nitrogens with zero attached hydrogens (tertiary/aromatic N) is 6. The molecule has 368 valence electrons. The van der Waals surface area contributed by atoms with Crippen LogP contribution in [-0.2, 0) is 36.8 Å². The van der Waals surface area contributed by atoms with Crippen molar-refractivity contribution in [2.75, 3.05) is 78.0 Å². The summed E-state index contributed by atoms with van der Waals surface area (Å²) in [5.41, 5.74) is 10.7. The maximum Gasteiger partial charge on any atom is 0.324 e. The minimum atomic E-state index is -0.719. The normalized spacial score (nSPS) is 25.9. The van der Waals surface area contributed by atoms with Gasteiger partial charge >= 0.3 is 5.97 Å². The van der Waals surface area contributed by atoms with E-state index < -0.39 is 17.5 Å². The Kier molecular flexibility index (Phi) is 22.8. The van der Waals surface area contributed by atoms with Gasteiger partial charge in [0.15, 0.2) is 0 Å². The number of hydrogen-bond acceptors (Lipinski definition) is 10. The lowest BCUT2D eigenvalue weighted by atomic mass is 9.83. The highest BCUT2D eigenvalue weighted by molar-refractivity contribution is 7.60. The molecule has 4 fully saturated rings. The van der Waals surface area contributed by atoms with E-state index in [0.717, 1.165) is 87.7 Å². The number of hydrogen-bond donors (Lipinski definition) is 2. The van der Waals surface area contributed by atoms with Gasteiger partial charge in [-0.1, -0.05) is 26.8 Å². The smallest absolute Gasteiger partial charge is 0.324 e. The third kappa shape index (κ3) is 13.0. The highest BCUT2D eigenvalue weighted by Gasteiger charge is 2.42. The van der Waals surface area contributed by atoms with Gasteiger partial charge in [-0.2, -0.15) is 81.0 Å².